The Labute approximate surface area is 116 Å². The van der Waals surface area contributed by atoms with Gasteiger partial charge in [0.25, 0.3) is 5.91 Å². The minimum atomic E-state index is -0.202. The molecule has 2 heterocycles. The van der Waals surface area contributed by atoms with Gasteiger partial charge in [-0.2, -0.15) is 0 Å². The third-order valence-electron chi connectivity index (χ3n) is 2.94. The molecule has 1 aliphatic rings. The van der Waals surface area contributed by atoms with Crippen molar-refractivity contribution < 1.29 is 4.79 Å². The van der Waals surface area contributed by atoms with Gasteiger partial charge in [0.2, 0.25) is 0 Å². The molecule has 0 unspecified atom stereocenters. The van der Waals surface area contributed by atoms with Crippen LogP contribution >= 0.6 is 0 Å². The number of aryl methyl sites for hydroxylation is 1. The van der Waals surface area contributed by atoms with Crippen LogP contribution in [0.1, 0.15) is 17.0 Å². The van der Waals surface area contributed by atoms with Crippen molar-refractivity contribution in [1.82, 2.24) is 10.3 Å². The first-order chi connectivity index (χ1) is 9.72. The van der Waals surface area contributed by atoms with Gasteiger partial charge in [0.15, 0.2) is 0 Å². The van der Waals surface area contributed by atoms with Crippen molar-refractivity contribution in [3.05, 3.63) is 71.2 Å². The Morgan fingerprint density at radius 2 is 1.85 bits per heavy atom. The molecule has 0 fully saturated rings. The standard InChI is InChI=1S/C16H13N3O/c1-11-6-5-9-13(17-11)10-14-16(20)19-15(18-14)12-7-3-2-4-8-12/h2-10H,1H3,(H,18,19,20)/b14-10-. The van der Waals surface area contributed by atoms with Gasteiger partial charge >= 0.3 is 0 Å². The molecule has 4 nitrogen and oxygen atoms in total. The van der Waals surface area contributed by atoms with E-state index in [4.69, 9.17) is 0 Å². The molecule has 1 amide bonds. The average Bonchev–Trinajstić information content (AvgIpc) is 2.81. The lowest BCUT2D eigenvalue weighted by molar-refractivity contribution is -0.115. The predicted octanol–water partition coefficient (Wildman–Crippen LogP) is 2.31. The van der Waals surface area contributed by atoms with Crippen LogP contribution in [-0.4, -0.2) is 16.7 Å². The monoisotopic (exact) mass is 263 g/mol. The van der Waals surface area contributed by atoms with Crippen molar-refractivity contribution >= 4 is 17.8 Å². The summed E-state index contributed by atoms with van der Waals surface area (Å²) >= 11 is 0. The third kappa shape index (κ3) is 2.49. The molecule has 20 heavy (non-hydrogen) atoms. The molecule has 3 rings (SSSR count). The van der Waals surface area contributed by atoms with Crippen molar-refractivity contribution in [3.8, 4) is 0 Å². The Balaban J connectivity index is 1.95. The number of aromatic nitrogens is 1. The van der Waals surface area contributed by atoms with Crippen LogP contribution in [0.15, 0.2) is 59.2 Å². The number of amidine groups is 1. The van der Waals surface area contributed by atoms with E-state index in [-0.39, 0.29) is 5.91 Å². The number of carbonyl (C=O) groups excluding carboxylic acids is 1. The number of pyridine rings is 1. The summed E-state index contributed by atoms with van der Waals surface area (Å²) in [5.41, 5.74) is 2.90. The lowest BCUT2D eigenvalue weighted by Crippen LogP contribution is -2.24. The lowest BCUT2D eigenvalue weighted by Gasteiger charge is -1.98. The van der Waals surface area contributed by atoms with Gasteiger partial charge in [-0.25, -0.2) is 4.99 Å². The lowest BCUT2D eigenvalue weighted by atomic mass is 10.2. The Bertz CT molecular complexity index is 718. The molecule has 1 N–H and O–H groups in total. The largest absolute Gasteiger partial charge is 0.305 e. The fourth-order valence-electron chi connectivity index (χ4n) is 1.99. The summed E-state index contributed by atoms with van der Waals surface area (Å²) in [4.78, 5) is 20.6. The molecule has 0 radical (unpaired) electrons. The number of carbonyl (C=O) groups is 1. The second-order valence-corrected chi connectivity index (χ2v) is 4.51. The van der Waals surface area contributed by atoms with E-state index in [0.717, 1.165) is 17.0 Å². The summed E-state index contributed by atoms with van der Waals surface area (Å²) < 4.78 is 0. The number of hydrogen-bond acceptors (Lipinski definition) is 3. The van der Waals surface area contributed by atoms with Crippen molar-refractivity contribution in [2.24, 2.45) is 4.99 Å². The fourth-order valence-corrected chi connectivity index (χ4v) is 1.99. The molecular weight excluding hydrogens is 250 g/mol. The number of amides is 1. The summed E-state index contributed by atoms with van der Waals surface area (Å²) in [6.07, 6.45) is 1.69. The normalized spacial score (nSPS) is 16.1. The van der Waals surface area contributed by atoms with E-state index >= 15 is 0 Å². The first kappa shape index (κ1) is 12.3. The highest BCUT2D eigenvalue weighted by atomic mass is 16.2. The zero-order valence-electron chi connectivity index (χ0n) is 11.0. The predicted molar refractivity (Wildman–Crippen MR) is 78.1 cm³/mol. The van der Waals surface area contributed by atoms with Gasteiger partial charge in [0, 0.05) is 11.3 Å². The Morgan fingerprint density at radius 1 is 1.05 bits per heavy atom. The molecule has 2 aromatic rings. The number of rotatable bonds is 2. The van der Waals surface area contributed by atoms with E-state index in [0.29, 0.717) is 11.5 Å². The third-order valence-corrected chi connectivity index (χ3v) is 2.94. The minimum Gasteiger partial charge on any atom is -0.305 e. The van der Waals surface area contributed by atoms with Gasteiger partial charge in [-0.05, 0) is 25.1 Å². The highest BCUT2D eigenvalue weighted by Gasteiger charge is 2.20. The fraction of sp³-hybridized carbons (Fsp3) is 0.0625. The van der Waals surface area contributed by atoms with Gasteiger partial charge in [0.1, 0.15) is 11.5 Å². The summed E-state index contributed by atoms with van der Waals surface area (Å²) in [5.74, 6) is 0.377. The van der Waals surface area contributed by atoms with Crippen molar-refractivity contribution in [1.29, 1.82) is 0 Å². The van der Waals surface area contributed by atoms with Crippen molar-refractivity contribution in [3.63, 3.8) is 0 Å². The van der Waals surface area contributed by atoms with E-state index in [1.165, 1.54) is 0 Å². The first-order valence-electron chi connectivity index (χ1n) is 6.33. The first-order valence-corrected chi connectivity index (χ1v) is 6.33. The van der Waals surface area contributed by atoms with Crippen LogP contribution in [0.3, 0.4) is 0 Å². The van der Waals surface area contributed by atoms with Crippen molar-refractivity contribution in [2.45, 2.75) is 6.92 Å². The van der Waals surface area contributed by atoms with Crippen LogP contribution in [0.25, 0.3) is 6.08 Å². The molecule has 1 aromatic carbocycles. The molecule has 0 saturated heterocycles. The van der Waals surface area contributed by atoms with Crippen molar-refractivity contribution in [2.75, 3.05) is 0 Å². The van der Waals surface area contributed by atoms with E-state index in [9.17, 15) is 4.79 Å². The Kier molecular flexibility index (Phi) is 3.13. The number of nitrogens with one attached hydrogen (secondary N) is 1. The summed E-state index contributed by atoms with van der Waals surface area (Å²) in [6.45, 7) is 1.91. The molecule has 0 aliphatic carbocycles. The summed E-state index contributed by atoms with van der Waals surface area (Å²) in [5, 5.41) is 2.77. The molecule has 1 aliphatic heterocycles. The van der Waals surface area contributed by atoms with Crippen LogP contribution in [0, 0.1) is 6.92 Å². The SMILES string of the molecule is Cc1cccc(/C=C2\N=C(c3ccccc3)NC2=O)n1. The van der Waals surface area contributed by atoms with Crippen LogP contribution in [0.2, 0.25) is 0 Å². The van der Waals surface area contributed by atoms with Gasteiger partial charge < -0.3 is 5.32 Å². The van der Waals surface area contributed by atoms with Crippen LogP contribution in [0.5, 0.6) is 0 Å². The highest BCUT2D eigenvalue weighted by molar-refractivity contribution is 6.19. The number of benzene rings is 1. The number of aliphatic imine (C=N–C) groups is 1. The second kappa shape index (κ2) is 5.09. The summed E-state index contributed by atoms with van der Waals surface area (Å²) in [6, 6.07) is 15.2. The maximum absolute atomic E-state index is 11.9. The molecule has 0 atom stereocenters. The number of nitrogens with zero attached hydrogens (tertiary/aromatic N) is 2. The quantitative estimate of drug-likeness (QED) is 0.845. The molecule has 0 bridgehead atoms. The Morgan fingerprint density at radius 3 is 2.60 bits per heavy atom. The Hall–Kier alpha value is -2.75. The maximum atomic E-state index is 11.9. The molecule has 1 aromatic heterocycles. The van der Waals surface area contributed by atoms with E-state index in [2.05, 4.69) is 15.3 Å². The number of hydrogen-bond donors (Lipinski definition) is 1. The smallest absolute Gasteiger partial charge is 0.275 e. The van der Waals surface area contributed by atoms with Crippen LogP contribution in [-0.2, 0) is 4.79 Å². The minimum absolute atomic E-state index is 0.202. The van der Waals surface area contributed by atoms with Gasteiger partial charge in [-0.15, -0.1) is 0 Å². The van der Waals surface area contributed by atoms with Gasteiger partial charge in [-0.1, -0.05) is 36.4 Å². The van der Waals surface area contributed by atoms with E-state index in [1.54, 1.807) is 6.08 Å². The summed E-state index contributed by atoms with van der Waals surface area (Å²) in [7, 11) is 0. The molecule has 4 heteroatoms. The molecular formula is C16H13N3O. The second-order valence-electron chi connectivity index (χ2n) is 4.51. The maximum Gasteiger partial charge on any atom is 0.275 e. The van der Waals surface area contributed by atoms with Gasteiger partial charge in [0.05, 0.1) is 5.69 Å². The van der Waals surface area contributed by atoms with E-state index in [1.807, 2.05) is 55.5 Å². The molecule has 98 valence electrons. The van der Waals surface area contributed by atoms with Crippen LogP contribution < -0.4 is 5.32 Å². The average molecular weight is 263 g/mol. The molecule has 0 spiro atoms. The topological polar surface area (TPSA) is 54.4 Å². The highest BCUT2D eigenvalue weighted by Crippen LogP contribution is 2.14. The zero-order valence-corrected chi connectivity index (χ0v) is 11.0. The van der Waals surface area contributed by atoms with E-state index < -0.39 is 0 Å². The van der Waals surface area contributed by atoms with Crippen LogP contribution in [0.4, 0.5) is 0 Å². The zero-order chi connectivity index (χ0) is 13.9. The van der Waals surface area contributed by atoms with Gasteiger partial charge in [-0.3, -0.25) is 9.78 Å². The molecule has 0 saturated carbocycles.